The molecule has 2 unspecified atom stereocenters. The second-order valence-corrected chi connectivity index (χ2v) is 5.14. The van der Waals surface area contributed by atoms with Crippen LogP contribution in [-0.4, -0.2) is 22.9 Å². The fourth-order valence-corrected chi connectivity index (χ4v) is 2.33. The molecular weight excluding hydrogens is 254 g/mol. The van der Waals surface area contributed by atoms with Crippen molar-refractivity contribution in [3.63, 3.8) is 0 Å². The number of nitrogen functional groups attached to an aromatic ring is 1. The minimum Gasteiger partial charge on any atom is -0.494 e. The highest BCUT2D eigenvalue weighted by atomic mass is 16.5. The number of ether oxygens (including phenoxy) is 1. The SMILES string of the molecule is COc1cccc2/c(=N/C(=N)C3CC3C)[nH]c(N)nc12. The fraction of sp³-hybridized carbons (Fsp3) is 0.357. The number of aromatic nitrogens is 2. The van der Waals surface area contributed by atoms with E-state index in [0.29, 0.717) is 28.5 Å². The molecule has 2 atom stereocenters. The normalized spacial score (nSPS) is 22.0. The Morgan fingerprint density at radius 3 is 2.95 bits per heavy atom. The topological polar surface area (TPSA) is 100 Å². The molecule has 0 radical (unpaired) electrons. The first kappa shape index (κ1) is 12.7. The van der Waals surface area contributed by atoms with Gasteiger partial charge >= 0.3 is 0 Å². The number of nitrogens with two attached hydrogens (primary N) is 1. The maximum absolute atomic E-state index is 8.04. The van der Waals surface area contributed by atoms with Gasteiger partial charge in [0.1, 0.15) is 22.6 Å². The van der Waals surface area contributed by atoms with Gasteiger partial charge in [0, 0.05) is 11.3 Å². The fourth-order valence-electron chi connectivity index (χ4n) is 2.33. The van der Waals surface area contributed by atoms with Crippen molar-refractivity contribution < 1.29 is 4.74 Å². The number of benzene rings is 1. The Balaban J connectivity index is 2.20. The molecule has 104 valence electrons. The molecule has 0 amide bonds. The Bertz CT molecular complexity index is 749. The van der Waals surface area contributed by atoms with E-state index in [9.17, 15) is 0 Å². The highest BCUT2D eigenvalue weighted by Gasteiger charge is 2.36. The predicted molar refractivity (Wildman–Crippen MR) is 77.6 cm³/mol. The third-order valence-electron chi connectivity index (χ3n) is 3.65. The molecule has 0 bridgehead atoms. The van der Waals surface area contributed by atoms with Gasteiger partial charge in [-0.1, -0.05) is 13.0 Å². The lowest BCUT2D eigenvalue weighted by atomic mass is 10.2. The van der Waals surface area contributed by atoms with E-state index in [4.69, 9.17) is 15.9 Å². The van der Waals surface area contributed by atoms with Crippen molar-refractivity contribution >= 4 is 22.7 Å². The zero-order chi connectivity index (χ0) is 14.3. The van der Waals surface area contributed by atoms with Crippen molar-refractivity contribution in [2.75, 3.05) is 12.8 Å². The Kier molecular flexibility index (Phi) is 2.93. The molecular formula is C14H17N5O. The minimum atomic E-state index is 0.261. The Labute approximate surface area is 116 Å². The van der Waals surface area contributed by atoms with Crippen LogP contribution in [0.3, 0.4) is 0 Å². The van der Waals surface area contributed by atoms with Gasteiger partial charge in [0.25, 0.3) is 0 Å². The van der Waals surface area contributed by atoms with E-state index in [1.807, 2.05) is 18.2 Å². The minimum absolute atomic E-state index is 0.261. The molecule has 1 aliphatic carbocycles. The number of hydrogen-bond acceptors (Lipinski definition) is 4. The van der Waals surface area contributed by atoms with Gasteiger partial charge in [-0.25, -0.2) is 9.98 Å². The largest absolute Gasteiger partial charge is 0.494 e. The maximum atomic E-state index is 8.04. The second kappa shape index (κ2) is 4.63. The number of methoxy groups -OCH3 is 1. The van der Waals surface area contributed by atoms with Crippen LogP contribution < -0.4 is 16.0 Å². The number of para-hydroxylation sites is 1. The van der Waals surface area contributed by atoms with Crippen molar-refractivity contribution in [1.29, 1.82) is 5.41 Å². The van der Waals surface area contributed by atoms with E-state index in [-0.39, 0.29) is 11.9 Å². The summed E-state index contributed by atoms with van der Waals surface area (Å²) in [5.74, 6) is 2.11. The van der Waals surface area contributed by atoms with Crippen molar-refractivity contribution in [2.24, 2.45) is 16.8 Å². The summed E-state index contributed by atoms with van der Waals surface area (Å²) in [6, 6.07) is 5.59. The molecule has 6 heteroatoms. The Morgan fingerprint density at radius 1 is 1.55 bits per heavy atom. The van der Waals surface area contributed by atoms with Crippen LogP contribution in [0.5, 0.6) is 5.75 Å². The summed E-state index contributed by atoms with van der Waals surface area (Å²) in [7, 11) is 1.59. The zero-order valence-electron chi connectivity index (χ0n) is 11.5. The van der Waals surface area contributed by atoms with Gasteiger partial charge in [-0.3, -0.25) is 5.41 Å². The number of H-pyrrole nitrogens is 1. The highest BCUT2D eigenvalue weighted by Crippen LogP contribution is 2.38. The molecule has 1 heterocycles. The molecule has 6 nitrogen and oxygen atoms in total. The van der Waals surface area contributed by atoms with Crippen LogP contribution in [0.4, 0.5) is 5.95 Å². The molecule has 1 fully saturated rings. The van der Waals surface area contributed by atoms with E-state index in [0.717, 1.165) is 11.8 Å². The first-order chi connectivity index (χ1) is 9.60. The van der Waals surface area contributed by atoms with Crippen molar-refractivity contribution in [3.8, 4) is 5.75 Å². The van der Waals surface area contributed by atoms with Crippen molar-refractivity contribution in [1.82, 2.24) is 9.97 Å². The van der Waals surface area contributed by atoms with Gasteiger partial charge in [-0.15, -0.1) is 0 Å². The monoisotopic (exact) mass is 271 g/mol. The van der Waals surface area contributed by atoms with Crippen LogP contribution in [0, 0.1) is 17.2 Å². The van der Waals surface area contributed by atoms with E-state index in [1.165, 1.54) is 0 Å². The summed E-state index contributed by atoms with van der Waals surface area (Å²) in [5.41, 5.74) is 7.01. The summed E-state index contributed by atoms with van der Waals surface area (Å²) in [5, 5.41) is 8.84. The third kappa shape index (κ3) is 2.13. The summed E-state index contributed by atoms with van der Waals surface area (Å²) in [4.78, 5) is 11.6. The quantitative estimate of drug-likeness (QED) is 0.572. The van der Waals surface area contributed by atoms with Crippen molar-refractivity contribution in [2.45, 2.75) is 13.3 Å². The van der Waals surface area contributed by atoms with Gasteiger partial charge in [-0.2, -0.15) is 0 Å². The number of aromatic amines is 1. The number of fused-ring (bicyclic) bond motifs is 1. The number of rotatable bonds is 2. The zero-order valence-corrected chi connectivity index (χ0v) is 11.5. The van der Waals surface area contributed by atoms with E-state index < -0.39 is 0 Å². The number of nitrogens with one attached hydrogen (secondary N) is 2. The van der Waals surface area contributed by atoms with E-state index in [1.54, 1.807) is 7.11 Å². The van der Waals surface area contributed by atoms with Crippen LogP contribution in [0.1, 0.15) is 13.3 Å². The first-order valence-electron chi connectivity index (χ1n) is 6.56. The number of amidine groups is 1. The smallest absolute Gasteiger partial charge is 0.199 e. The summed E-state index contributed by atoms with van der Waals surface area (Å²) in [6.07, 6.45) is 1.03. The molecule has 0 spiro atoms. The van der Waals surface area contributed by atoms with Crippen LogP contribution >= 0.6 is 0 Å². The van der Waals surface area contributed by atoms with Crippen LogP contribution in [-0.2, 0) is 0 Å². The van der Waals surface area contributed by atoms with E-state index in [2.05, 4.69) is 21.9 Å². The molecule has 2 aromatic rings. The van der Waals surface area contributed by atoms with Gasteiger partial charge in [-0.05, 0) is 24.5 Å². The predicted octanol–water partition coefficient (Wildman–Crippen LogP) is 1.69. The molecule has 1 aromatic heterocycles. The second-order valence-electron chi connectivity index (χ2n) is 5.14. The van der Waals surface area contributed by atoms with Crippen LogP contribution in [0.15, 0.2) is 23.2 Å². The Morgan fingerprint density at radius 2 is 2.30 bits per heavy atom. The number of nitrogens with zero attached hydrogens (tertiary/aromatic N) is 2. The van der Waals surface area contributed by atoms with Crippen LogP contribution in [0.25, 0.3) is 10.9 Å². The van der Waals surface area contributed by atoms with Crippen molar-refractivity contribution in [3.05, 3.63) is 23.7 Å². The molecule has 3 rings (SSSR count). The lowest BCUT2D eigenvalue weighted by Crippen LogP contribution is -2.16. The number of anilines is 1. The Hall–Kier alpha value is -2.37. The standard InChI is InChI=1S/C14H17N5O/c1-7-6-9(7)12(15)18-13-8-4-3-5-10(20-2)11(8)17-14(16)19-13/h3-5,7,9H,6H2,1-2H3,(H4,15,16,17,18,19). The van der Waals surface area contributed by atoms with E-state index >= 15 is 0 Å². The van der Waals surface area contributed by atoms with Gasteiger partial charge in [0.15, 0.2) is 5.95 Å². The molecule has 4 N–H and O–H groups in total. The molecule has 1 aliphatic rings. The van der Waals surface area contributed by atoms with Gasteiger partial charge < -0.3 is 15.5 Å². The number of hydrogen-bond donors (Lipinski definition) is 3. The third-order valence-corrected chi connectivity index (χ3v) is 3.65. The molecule has 0 saturated heterocycles. The average Bonchev–Trinajstić information content (AvgIpc) is 3.15. The molecule has 20 heavy (non-hydrogen) atoms. The summed E-state index contributed by atoms with van der Waals surface area (Å²) >= 11 is 0. The lowest BCUT2D eigenvalue weighted by molar-refractivity contribution is 0.419. The molecule has 1 saturated carbocycles. The van der Waals surface area contributed by atoms with Gasteiger partial charge in [0.05, 0.1) is 7.11 Å². The van der Waals surface area contributed by atoms with Gasteiger partial charge in [0.2, 0.25) is 0 Å². The average molecular weight is 271 g/mol. The highest BCUT2D eigenvalue weighted by molar-refractivity contribution is 5.88. The lowest BCUT2D eigenvalue weighted by Gasteiger charge is -2.06. The van der Waals surface area contributed by atoms with Crippen LogP contribution in [0.2, 0.25) is 0 Å². The first-order valence-corrected chi connectivity index (χ1v) is 6.56. The molecule has 0 aliphatic heterocycles. The summed E-state index contributed by atoms with van der Waals surface area (Å²) in [6.45, 7) is 2.13. The molecule has 1 aromatic carbocycles. The summed E-state index contributed by atoms with van der Waals surface area (Å²) < 4.78 is 5.29. The maximum Gasteiger partial charge on any atom is 0.199 e.